The van der Waals surface area contributed by atoms with Gasteiger partial charge >= 0.3 is 0 Å². The second-order valence-corrected chi connectivity index (χ2v) is 5.55. The van der Waals surface area contributed by atoms with Crippen molar-refractivity contribution < 1.29 is 9.59 Å². The minimum Gasteiger partial charge on any atom is -0.369 e. The van der Waals surface area contributed by atoms with E-state index in [4.69, 9.17) is 11.5 Å². The molecule has 0 aromatic rings. The minimum atomic E-state index is -0.372. The molecule has 104 valence electrons. The van der Waals surface area contributed by atoms with Gasteiger partial charge in [-0.1, -0.05) is 45.4 Å². The smallest absolute Gasteiger partial charge is 0.221 e. The second-order valence-electron chi connectivity index (χ2n) is 5.55. The molecule has 1 fully saturated rings. The molecule has 2 amide bonds. The van der Waals surface area contributed by atoms with Crippen LogP contribution in [0, 0.1) is 17.8 Å². The number of primary amides is 2. The predicted octanol–water partition coefficient (Wildman–Crippen LogP) is 1.96. The molecule has 4 nitrogen and oxygen atoms in total. The van der Waals surface area contributed by atoms with Crippen molar-refractivity contribution in [3.05, 3.63) is 0 Å². The summed E-state index contributed by atoms with van der Waals surface area (Å²) in [7, 11) is 0. The molecule has 1 aliphatic carbocycles. The summed E-state index contributed by atoms with van der Waals surface area (Å²) in [6.07, 6.45) is 8.12. The maximum absolute atomic E-state index is 11.6. The van der Waals surface area contributed by atoms with E-state index in [2.05, 4.69) is 6.92 Å². The van der Waals surface area contributed by atoms with Crippen molar-refractivity contribution >= 4 is 11.8 Å². The highest BCUT2D eigenvalue weighted by Crippen LogP contribution is 2.34. The normalized spacial score (nSPS) is 19.6. The Bertz CT molecular complexity index is 286. The summed E-state index contributed by atoms with van der Waals surface area (Å²) in [5.41, 5.74) is 10.9. The van der Waals surface area contributed by atoms with Crippen LogP contribution in [0.15, 0.2) is 0 Å². The Morgan fingerprint density at radius 1 is 1.11 bits per heavy atom. The predicted molar refractivity (Wildman–Crippen MR) is 71.5 cm³/mol. The zero-order valence-electron chi connectivity index (χ0n) is 11.4. The molecule has 1 saturated carbocycles. The molecule has 2 atom stereocenters. The van der Waals surface area contributed by atoms with Crippen molar-refractivity contribution in [1.82, 2.24) is 0 Å². The number of hydrogen-bond acceptors (Lipinski definition) is 2. The van der Waals surface area contributed by atoms with E-state index in [0.717, 1.165) is 32.1 Å². The molecule has 4 N–H and O–H groups in total. The molecular weight excluding hydrogens is 228 g/mol. The van der Waals surface area contributed by atoms with Crippen molar-refractivity contribution in [2.75, 3.05) is 0 Å². The van der Waals surface area contributed by atoms with E-state index < -0.39 is 0 Å². The van der Waals surface area contributed by atoms with Gasteiger partial charge in [-0.2, -0.15) is 0 Å². The summed E-state index contributed by atoms with van der Waals surface area (Å²) < 4.78 is 0. The van der Waals surface area contributed by atoms with Gasteiger partial charge in [0.1, 0.15) is 0 Å². The summed E-state index contributed by atoms with van der Waals surface area (Å²) in [6, 6.07) is 0. The maximum Gasteiger partial charge on any atom is 0.221 e. The van der Waals surface area contributed by atoms with Crippen LogP contribution in [-0.2, 0) is 9.59 Å². The highest BCUT2D eigenvalue weighted by molar-refractivity contribution is 5.86. The van der Waals surface area contributed by atoms with Crippen molar-refractivity contribution in [3.63, 3.8) is 0 Å². The van der Waals surface area contributed by atoms with Crippen LogP contribution in [0.1, 0.15) is 58.3 Å². The zero-order valence-corrected chi connectivity index (χ0v) is 11.4. The Kier molecular flexibility index (Phi) is 6.16. The fourth-order valence-corrected chi connectivity index (χ4v) is 3.05. The number of carbonyl (C=O) groups is 2. The van der Waals surface area contributed by atoms with Crippen LogP contribution in [0.25, 0.3) is 0 Å². The zero-order chi connectivity index (χ0) is 13.5. The van der Waals surface area contributed by atoms with Gasteiger partial charge in [0, 0.05) is 11.8 Å². The van der Waals surface area contributed by atoms with E-state index in [9.17, 15) is 9.59 Å². The molecule has 0 heterocycles. The van der Waals surface area contributed by atoms with Gasteiger partial charge in [0.15, 0.2) is 0 Å². The topological polar surface area (TPSA) is 86.2 Å². The molecule has 18 heavy (non-hydrogen) atoms. The second kappa shape index (κ2) is 7.39. The van der Waals surface area contributed by atoms with E-state index in [1.54, 1.807) is 0 Å². The van der Waals surface area contributed by atoms with Gasteiger partial charge in [-0.3, -0.25) is 9.59 Å². The monoisotopic (exact) mass is 254 g/mol. The largest absolute Gasteiger partial charge is 0.369 e. The van der Waals surface area contributed by atoms with E-state index in [0.29, 0.717) is 12.3 Å². The average Bonchev–Trinajstić information content (AvgIpc) is 2.80. The molecule has 0 bridgehead atoms. The molecule has 0 saturated heterocycles. The van der Waals surface area contributed by atoms with E-state index in [-0.39, 0.29) is 23.7 Å². The third-order valence-electron chi connectivity index (χ3n) is 4.15. The van der Waals surface area contributed by atoms with Crippen LogP contribution in [0.2, 0.25) is 0 Å². The number of carbonyl (C=O) groups excluding carboxylic acids is 2. The molecule has 1 aliphatic rings. The molecule has 0 spiro atoms. The van der Waals surface area contributed by atoms with Gasteiger partial charge in [0.2, 0.25) is 11.8 Å². The highest BCUT2D eigenvalue weighted by Gasteiger charge is 2.33. The van der Waals surface area contributed by atoms with Crippen LogP contribution in [-0.4, -0.2) is 11.8 Å². The lowest BCUT2D eigenvalue weighted by atomic mass is 9.80. The first-order valence-electron chi connectivity index (χ1n) is 7.14. The quantitative estimate of drug-likeness (QED) is 0.693. The van der Waals surface area contributed by atoms with Gasteiger partial charge < -0.3 is 11.5 Å². The van der Waals surface area contributed by atoms with Gasteiger partial charge in [0.05, 0.1) is 0 Å². The van der Waals surface area contributed by atoms with Crippen molar-refractivity contribution in [2.45, 2.75) is 58.3 Å². The van der Waals surface area contributed by atoms with E-state index in [1.165, 1.54) is 12.8 Å². The van der Waals surface area contributed by atoms with E-state index >= 15 is 0 Å². The van der Waals surface area contributed by atoms with Gasteiger partial charge in [-0.15, -0.1) is 0 Å². The summed E-state index contributed by atoms with van der Waals surface area (Å²) >= 11 is 0. The van der Waals surface area contributed by atoms with Gasteiger partial charge in [0.25, 0.3) is 0 Å². The Morgan fingerprint density at radius 3 is 2.11 bits per heavy atom. The number of hydrogen-bond donors (Lipinski definition) is 2. The average molecular weight is 254 g/mol. The van der Waals surface area contributed by atoms with Crippen LogP contribution in [0.5, 0.6) is 0 Å². The molecule has 0 aromatic carbocycles. The Morgan fingerprint density at radius 2 is 1.67 bits per heavy atom. The minimum absolute atomic E-state index is 0.359. The maximum atomic E-state index is 11.6. The lowest BCUT2D eigenvalue weighted by Gasteiger charge is -2.24. The lowest BCUT2D eigenvalue weighted by molar-refractivity contribution is -0.132. The molecule has 0 radical (unpaired) electrons. The fourth-order valence-electron chi connectivity index (χ4n) is 3.05. The first kappa shape index (κ1) is 15.0. The summed E-state index contributed by atoms with van der Waals surface area (Å²) in [6.45, 7) is 2.06. The molecule has 4 heteroatoms. The number of rotatable bonds is 8. The van der Waals surface area contributed by atoms with Crippen molar-refractivity contribution in [2.24, 2.45) is 29.2 Å². The highest BCUT2D eigenvalue weighted by atomic mass is 16.2. The molecular formula is C14H26N2O2. The molecule has 1 rings (SSSR count). The van der Waals surface area contributed by atoms with Crippen LogP contribution in [0.4, 0.5) is 0 Å². The fraction of sp³-hybridized carbons (Fsp3) is 0.857. The number of unbranched alkanes of at least 4 members (excludes halogenated alkanes) is 1. The van der Waals surface area contributed by atoms with E-state index in [1.807, 2.05) is 0 Å². The standard InChI is InChI=1S/C14H26N2O2/c1-2-3-8-11(13(15)17)12(14(16)18)9-10-6-4-5-7-10/h10-12H,2-9H2,1H3,(H2,15,17)(H2,16,18). The van der Waals surface area contributed by atoms with Crippen LogP contribution < -0.4 is 11.5 Å². The Hall–Kier alpha value is -1.06. The summed E-state index contributed by atoms with van der Waals surface area (Å²) in [4.78, 5) is 23.2. The summed E-state index contributed by atoms with van der Waals surface area (Å²) in [5, 5.41) is 0. The molecule has 0 aliphatic heterocycles. The first-order chi connectivity index (χ1) is 8.56. The number of amides is 2. The van der Waals surface area contributed by atoms with Crippen LogP contribution >= 0.6 is 0 Å². The van der Waals surface area contributed by atoms with Crippen molar-refractivity contribution in [1.29, 1.82) is 0 Å². The Labute approximate surface area is 109 Å². The van der Waals surface area contributed by atoms with Gasteiger partial charge in [-0.25, -0.2) is 0 Å². The third kappa shape index (κ3) is 4.31. The van der Waals surface area contributed by atoms with Crippen LogP contribution in [0.3, 0.4) is 0 Å². The van der Waals surface area contributed by atoms with Crippen molar-refractivity contribution in [3.8, 4) is 0 Å². The molecule has 0 aromatic heterocycles. The van der Waals surface area contributed by atoms with Gasteiger partial charge in [-0.05, 0) is 18.8 Å². The lowest BCUT2D eigenvalue weighted by Crippen LogP contribution is -2.38. The Balaban J connectivity index is 2.65. The molecule has 2 unspecified atom stereocenters. The summed E-state index contributed by atoms with van der Waals surface area (Å²) in [5.74, 6) is -0.918. The SMILES string of the molecule is CCCCC(C(N)=O)C(CC1CCCC1)C(N)=O. The number of nitrogens with two attached hydrogens (primary N) is 2. The first-order valence-corrected chi connectivity index (χ1v) is 7.14. The third-order valence-corrected chi connectivity index (χ3v) is 4.15.